The van der Waals surface area contributed by atoms with Gasteiger partial charge in [-0.2, -0.15) is 0 Å². The van der Waals surface area contributed by atoms with Crippen LogP contribution in [0.4, 0.5) is 0 Å². The van der Waals surface area contributed by atoms with Crippen molar-refractivity contribution in [3.8, 4) is 44.9 Å². The molecule has 103 heavy (non-hydrogen) atoms. The molecule has 560 valence electrons. The molecule has 0 fully saturated rings. The molecule has 0 unspecified atom stereocenters. The number of fused-ring (bicyclic) bond motifs is 4. The van der Waals surface area contributed by atoms with Gasteiger partial charge in [-0.15, -0.1) is 108 Å². The number of Topliss-reactive ketones (excluding diaryl/α,β-unsaturated/α-hetero) is 2. The Hall–Kier alpha value is -7.83. The fourth-order valence-electron chi connectivity index (χ4n) is 8.99. The van der Waals surface area contributed by atoms with Crippen LogP contribution < -0.4 is 0 Å². The number of nitrogens with zero attached hydrogens (tertiary/aromatic N) is 3. The molecule has 0 saturated carbocycles. The van der Waals surface area contributed by atoms with Crippen LogP contribution >= 0.6 is 0 Å². The van der Waals surface area contributed by atoms with Crippen molar-refractivity contribution in [1.82, 2.24) is 15.0 Å². The molecule has 0 bridgehead atoms. The first-order valence-corrected chi connectivity index (χ1v) is 34.0. The number of carbonyl (C=O) groups is 3. The Morgan fingerprint density at radius 1 is 0.320 bits per heavy atom. The molecule has 0 spiro atoms. The second-order valence-corrected chi connectivity index (χ2v) is 18.0. The van der Waals surface area contributed by atoms with Crippen LogP contribution in [0.15, 0.2) is 243 Å². The van der Waals surface area contributed by atoms with E-state index < -0.39 is 0 Å². The third-order valence-corrected chi connectivity index (χ3v) is 12.8. The van der Waals surface area contributed by atoms with Gasteiger partial charge >= 0.3 is 60.3 Å². The van der Waals surface area contributed by atoms with Crippen LogP contribution in [0, 0.1) is 76.6 Å². The molecule has 0 atom stereocenters. The molecule has 1 aliphatic rings. The van der Waals surface area contributed by atoms with E-state index in [1.807, 2.05) is 345 Å². The van der Waals surface area contributed by atoms with E-state index in [0.717, 1.165) is 94.5 Å². The second kappa shape index (κ2) is 71.2. The molecule has 9 heteroatoms. The summed E-state index contributed by atoms with van der Waals surface area (Å²) in [5, 5.41) is 4.32. The van der Waals surface area contributed by atoms with Crippen molar-refractivity contribution in [3.63, 3.8) is 0 Å². The third kappa shape index (κ3) is 36.4. The Labute approximate surface area is 670 Å². The van der Waals surface area contributed by atoms with Gasteiger partial charge in [0.05, 0.1) is 11.0 Å². The van der Waals surface area contributed by atoms with E-state index in [2.05, 4.69) is 63.5 Å². The molecular formula is C94H124Ir3N3O3. The Kier molecular flexibility index (Phi) is 80.4. The summed E-state index contributed by atoms with van der Waals surface area (Å²) < 4.78 is 0. The molecule has 0 saturated heterocycles. The summed E-state index contributed by atoms with van der Waals surface area (Å²) in [5.41, 5.74) is 15.1. The fourth-order valence-corrected chi connectivity index (χ4v) is 8.99. The van der Waals surface area contributed by atoms with E-state index in [1.165, 1.54) is 10.8 Å². The van der Waals surface area contributed by atoms with Crippen LogP contribution in [0.25, 0.3) is 77.5 Å². The van der Waals surface area contributed by atoms with Gasteiger partial charge in [0, 0.05) is 28.5 Å². The monoisotopic (exact) mass is 1920 g/mol. The fraction of sp³-hybridized carbons (Fsp3) is 0.234. The minimum absolute atomic E-state index is 0. The van der Waals surface area contributed by atoms with Crippen molar-refractivity contribution in [2.75, 3.05) is 0 Å². The zero-order valence-corrected chi connectivity index (χ0v) is 74.8. The van der Waals surface area contributed by atoms with Gasteiger partial charge < -0.3 is 49.5 Å². The van der Waals surface area contributed by atoms with Crippen molar-refractivity contribution >= 4 is 49.9 Å². The van der Waals surface area contributed by atoms with Gasteiger partial charge in [-0.1, -0.05) is 276 Å². The Morgan fingerprint density at radius 2 is 0.641 bits per heavy atom. The second-order valence-electron chi connectivity index (χ2n) is 18.0. The number of ketones is 3. The Morgan fingerprint density at radius 3 is 0.990 bits per heavy atom. The molecule has 0 radical (unpaired) electrons. The van der Waals surface area contributed by atoms with Crippen molar-refractivity contribution in [3.05, 3.63) is 339 Å². The van der Waals surface area contributed by atoms with E-state index in [1.54, 1.807) is 20.0 Å². The summed E-state index contributed by atoms with van der Waals surface area (Å²) in [4.78, 5) is 48.4. The first-order valence-electron chi connectivity index (χ1n) is 34.0. The van der Waals surface area contributed by atoms with Crippen molar-refractivity contribution in [2.24, 2.45) is 0 Å². The smallest absolute Gasteiger partial charge is 0.358 e. The van der Waals surface area contributed by atoms with Gasteiger partial charge in [0.2, 0.25) is 0 Å². The molecule has 12 aromatic rings. The Bertz CT molecular complexity index is 3840. The molecule has 0 N–H and O–H groups in total. The van der Waals surface area contributed by atoms with Gasteiger partial charge in [0.25, 0.3) is 0 Å². The summed E-state index contributed by atoms with van der Waals surface area (Å²) in [5.74, 6) is 0.321. The van der Waals surface area contributed by atoms with Crippen LogP contribution in [0.5, 0.6) is 0 Å². The predicted octanol–water partition coefficient (Wildman–Crippen LogP) is 28.6. The number of hydrogen-bond donors (Lipinski definition) is 0. The average Bonchev–Trinajstić information content (AvgIpc) is 0.732. The summed E-state index contributed by atoms with van der Waals surface area (Å²) >= 11 is 0. The number of rotatable bonds is 5. The number of pyridine rings is 3. The van der Waals surface area contributed by atoms with Crippen LogP contribution in [0.2, 0.25) is 0 Å². The summed E-state index contributed by atoms with van der Waals surface area (Å²) in [6.07, 6.45) is 1.71. The molecule has 3 aromatic heterocycles. The summed E-state index contributed by atoms with van der Waals surface area (Å²) in [7, 11) is 0. The predicted molar refractivity (Wildman–Crippen MR) is 450 cm³/mol. The standard InChI is InChI=1S/C22H12NO.2C15H10N.2C9H10O.9C2H6.6CH3.3Ir/c24-22-17-10-5-4-9-15(17)16-11-6-12-18-20(16)19(22)13-23-21(18)14-7-2-1-3-8-14;2*1-2-6-12(7-3-1)15-11-10-13-8-4-5-9-14(13)16-15;2*1-7-5-3-4-6-9(7)8(2)10;9*1-2;;;;;;;;;/h1-7,9-13H;2*1-6,8-11H;2*3-6H,1-2H3;9*1-2H3;6*1H3;;;/q3*-1;;;;;;;;;;;;6*-1;3*+3. The first kappa shape index (κ1) is 116. The SMILES string of the molecule is CC.CC.CC.CC.CC.CC.CC.CC.CC.CC(=O)c1ccccc1C.CC(=O)c1ccccc1C.O=C1c2ccccc2-c2cccc3c(-c4[c-]cccc4)ncc1c23.[CH3-].[CH3-].[CH3-].[CH3-].[CH3-].[CH3-].[Ir+3].[Ir+3].[Ir+3].[c-]1ccccc1-c1ccc2ccccc2n1.[c-]1ccccc1-c1ccc2ccccc2n1. The minimum atomic E-state index is 0. The molecular weight excluding hydrogens is 1800 g/mol. The van der Waals surface area contributed by atoms with Gasteiger partial charge in [0.15, 0.2) is 17.3 Å². The van der Waals surface area contributed by atoms with Crippen LogP contribution in [-0.4, -0.2) is 32.3 Å². The van der Waals surface area contributed by atoms with E-state index >= 15 is 0 Å². The first-order chi connectivity index (χ1) is 46.1. The van der Waals surface area contributed by atoms with Gasteiger partial charge in [0.1, 0.15) is 0 Å². The van der Waals surface area contributed by atoms with E-state index in [-0.39, 0.29) is 122 Å². The van der Waals surface area contributed by atoms with Crippen LogP contribution in [0.1, 0.15) is 186 Å². The maximum Gasteiger partial charge on any atom is 3.00 e. The van der Waals surface area contributed by atoms with Gasteiger partial charge in [-0.3, -0.25) is 24.4 Å². The van der Waals surface area contributed by atoms with E-state index in [4.69, 9.17) is 0 Å². The number of para-hydroxylation sites is 2. The molecule has 3 heterocycles. The normalized spacial score (nSPS) is 8.47. The summed E-state index contributed by atoms with van der Waals surface area (Å²) in [6.45, 7) is 43.1. The zero-order valence-electron chi connectivity index (χ0n) is 67.7. The number of hydrogen-bond acceptors (Lipinski definition) is 6. The molecule has 6 nitrogen and oxygen atoms in total. The van der Waals surface area contributed by atoms with Gasteiger partial charge in [-0.25, -0.2) is 0 Å². The molecule has 1 aliphatic carbocycles. The van der Waals surface area contributed by atoms with Crippen molar-refractivity contribution < 1.29 is 74.7 Å². The number of aryl methyl sites for hydroxylation is 2. The van der Waals surface area contributed by atoms with E-state index in [9.17, 15) is 14.4 Å². The quantitative estimate of drug-likeness (QED) is 0.126. The van der Waals surface area contributed by atoms with E-state index in [0.29, 0.717) is 5.56 Å². The van der Waals surface area contributed by atoms with Crippen molar-refractivity contribution in [2.45, 2.75) is 152 Å². The Balaban J connectivity index is -0.000000125. The zero-order chi connectivity index (χ0) is 70.8. The third-order valence-electron chi connectivity index (χ3n) is 12.8. The van der Waals surface area contributed by atoms with Crippen LogP contribution in [-0.2, 0) is 60.3 Å². The summed E-state index contributed by atoms with van der Waals surface area (Å²) in [6, 6.07) is 86.8. The van der Waals surface area contributed by atoms with Gasteiger partial charge in [-0.05, 0) is 101 Å². The topological polar surface area (TPSA) is 89.9 Å². The molecule has 0 amide bonds. The minimum Gasteiger partial charge on any atom is -0.358 e. The number of benzene rings is 9. The average molecular weight is 1920 g/mol. The maximum absolute atomic E-state index is 12.9. The van der Waals surface area contributed by atoms with Crippen molar-refractivity contribution in [1.29, 1.82) is 0 Å². The number of carbonyl (C=O) groups excluding carboxylic acids is 3. The number of aromatic nitrogens is 3. The molecule has 13 rings (SSSR count). The largest absolute Gasteiger partial charge is 3.00 e. The van der Waals surface area contributed by atoms with Crippen LogP contribution in [0.3, 0.4) is 0 Å². The molecule has 9 aromatic carbocycles. The maximum atomic E-state index is 12.9. The molecule has 0 aliphatic heterocycles.